The van der Waals surface area contributed by atoms with Crippen molar-refractivity contribution < 1.29 is 9.21 Å². The van der Waals surface area contributed by atoms with E-state index in [0.717, 1.165) is 28.2 Å². The van der Waals surface area contributed by atoms with Gasteiger partial charge < -0.3 is 14.3 Å². The van der Waals surface area contributed by atoms with Crippen LogP contribution in [0.25, 0.3) is 11.6 Å². The number of nitrogens with zero attached hydrogens (tertiary/aromatic N) is 7. The molecule has 0 bridgehead atoms. The average molecular weight is 493 g/mol. The Hall–Kier alpha value is -3.56. The number of hydrogen-bond acceptors (Lipinski definition) is 8. The third-order valence-electron chi connectivity index (χ3n) is 5.68. The van der Waals surface area contributed by atoms with Crippen molar-refractivity contribution in [1.82, 2.24) is 35.1 Å². The van der Waals surface area contributed by atoms with Crippen LogP contribution in [-0.2, 0) is 18.8 Å². The van der Waals surface area contributed by atoms with Crippen molar-refractivity contribution in [3.05, 3.63) is 82.9 Å². The van der Waals surface area contributed by atoms with Crippen molar-refractivity contribution in [3.63, 3.8) is 0 Å². The summed E-state index contributed by atoms with van der Waals surface area (Å²) in [5.74, 6) is -0.220. The zero-order valence-corrected chi connectivity index (χ0v) is 20.2. The van der Waals surface area contributed by atoms with E-state index in [9.17, 15) is 4.79 Å². The molecule has 0 aliphatic carbocycles. The molecule has 172 valence electrons. The fraction of sp³-hybridized carbons (Fsp3) is 0.227. The monoisotopic (exact) mass is 492 g/mol. The van der Waals surface area contributed by atoms with Gasteiger partial charge in [-0.1, -0.05) is 31.9 Å². The molecule has 0 radical (unpaired) electrons. The van der Waals surface area contributed by atoms with Gasteiger partial charge in [0.05, 0.1) is 41.6 Å². The number of aromatic amines is 1. The van der Waals surface area contributed by atoms with Crippen molar-refractivity contribution in [3.8, 4) is 11.6 Å². The molecule has 1 amide bonds. The minimum atomic E-state index is -0.348. The molecule has 2 aliphatic rings. The van der Waals surface area contributed by atoms with Crippen LogP contribution in [0.15, 0.2) is 68.9 Å². The molecule has 0 spiro atoms. The molecule has 0 fully saturated rings. The van der Waals surface area contributed by atoms with Crippen LogP contribution in [0.4, 0.5) is 0 Å². The Labute approximate surface area is 203 Å². The quantitative estimate of drug-likeness (QED) is 0.539. The normalized spacial score (nSPS) is 18.7. The first kappa shape index (κ1) is 22.2. The summed E-state index contributed by atoms with van der Waals surface area (Å²) in [6, 6.07) is 5.17. The van der Waals surface area contributed by atoms with Crippen molar-refractivity contribution in [2.45, 2.75) is 25.8 Å². The molecule has 12 heteroatoms. The zero-order valence-electron chi connectivity index (χ0n) is 18.3. The molecule has 1 unspecified atom stereocenters. The highest BCUT2D eigenvalue weighted by molar-refractivity contribution is 7.47. The van der Waals surface area contributed by atoms with Gasteiger partial charge in [-0.3, -0.25) is 4.79 Å². The second-order valence-electron chi connectivity index (χ2n) is 7.82. The molecular formula is C22H21N8O2PS. The van der Waals surface area contributed by atoms with E-state index in [1.54, 1.807) is 22.3 Å². The van der Waals surface area contributed by atoms with E-state index < -0.39 is 0 Å². The summed E-state index contributed by atoms with van der Waals surface area (Å²) in [7, 11) is 2.61. The molecule has 34 heavy (non-hydrogen) atoms. The molecule has 1 N–H and O–H groups in total. The molecule has 0 aromatic carbocycles. The van der Waals surface area contributed by atoms with Gasteiger partial charge in [-0.2, -0.15) is 0 Å². The second kappa shape index (κ2) is 9.36. The lowest BCUT2D eigenvalue weighted by atomic mass is 9.99. The maximum Gasteiger partial charge on any atom is 0.312 e. The van der Waals surface area contributed by atoms with Gasteiger partial charge in [0, 0.05) is 24.4 Å². The number of carbonyl (C=O) groups excluding carboxylic acids is 1. The Morgan fingerprint density at radius 1 is 1.41 bits per heavy atom. The fourth-order valence-electron chi connectivity index (χ4n) is 4.05. The van der Waals surface area contributed by atoms with Crippen LogP contribution in [0.1, 0.15) is 40.2 Å². The topological polar surface area (TPSA) is 116 Å². The van der Waals surface area contributed by atoms with Gasteiger partial charge >= 0.3 is 11.8 Å². The first-order chi connectivity index (χ1) is 16.5. The van der Waals surface area contributed by atoms with Gasteiger partial charge in [0.15, 0.2) is 0 Å². The Morgan fingerprint density at radius 2 is 2.29 bits per heavy atom. The minimum absolute atomic E-state index is 0.0788. The number of aromatic nitrogens is 5. The van der Waals surface area contributed by atoms with Crippen molar-refractivity contribution >= 4 is 27.6 Å². The summed E-state index contributed by atoms with van der Waals surface area (Å²) in [6.07, 6.45) is 10.5. The van der Waals surface area contributed by atoms with E-state index in [1.165, 1.54) is 0 Å². The van der Waals surface area contributed by atoms with Gasteiger partial charge in [-0.05, 0) is 37.6 Å². The summed E-state index contributed by atoms with van der Waals surface area (Å²) < 4.78 is 9.64. The number of aryl methyl sites for hydroxylation is 1. The van der Waals surface area contributed by atoms with Crippen LogP contribution in [0.5, 0.6) is 0 Å². The zero-order chi connectivity index (χ0) is 23.7. The number of H-pyrrole nitrogens is 1. The Kier molecular flexibility index (Phi) is 6.12. The first-order valence-corrected chi connectivity index (χ1v) is 11.6. The maximum absolute atomic E-state index is 13.5. The molecule has 2 atom stereocenters. The van der Waals surface area contributed by atoms with Gasteiger partial charge in [0.2, 0.25) is 0 Å². The highest BCUT2D eigenvalue weighted by atomic mass is 32.1. The number of nitrogens with one attached hydrogen (secondary N) is 1. The number of pyridine rings is 1. The van der Waals surface area contributed by atoms with Crippen molar-refractivity contribution in [2.75, 3.05) is 6.54 Å². The van der Waals surface area contributed by atoms with Crippen molar-refractivity contribution in [1.29, 1.82) is 0 Å². The molecular weight excluding hydrogens is 471 g/mol. The third kappa shape index (κ3) is 4.20. The molecule has 5 heterocycles. The van der Waals surface area contributed by atoms with Crippen LogP contribution in [-0.4, -0.2) is 47.5 Å². The lowest BCUT2D eigenvalue weighted by Gasteiger charge is -2.34. The number of carbonyl (C=O) groups is 1. The van der Waals surface area contributed by atoms with Crippen LogP contribution >= 0.6 is 9.24 Å². The number of fused-ring (bicyclic) bond motifs is 1. The smallest absolute Gasteiger partial charge is 0.312 e. The number of imidazole rings is 1. The summed E-state index contributed by atoms with van der Waals surface area (Å²) in [5.41, 5.74) is 4.84. The van der Waals surface area contributed by atoms with Gasteiger partial charge in [-0.15, -0.1) is 10.2 Å². The Bertz CT molecular complexity index is 1340. The number of allylic oxidation sites excluding steroid dienone is 3. The minimum Gasteiger partial charge on any atom is -0.411 e. The number of amides is 1. The molecule has 5 rings (SSSR count). The predicted octanol–water partition coefficient (Wildman–Crippen LogP) is 3.41. The van der Waals surface area contributed by atoms with E-state index in [4.69, 9.17) is 16.8 Å². The van der Waals surface area contributed by atoms with E-state index in [-0.39, 0.29) is 23.7 Å². The van der Waals surface area contributed by atoms with E-state index in [2.05, 4.69) is 38.9 Å². The summed E-state index contributed by atoms with van der Waals surface area (Å²) in [4.78, 5) is 27.2. The predicted molar refractivity (Wildman–Crippen MR) is 130 cm³/mol. The Morgan fingerprint density at radius 3 is 3.12 bits per heavy atom. The van der Waals surface area contributed by atoms with Gasteiger partial charge in [-0.25, -0.2) is 15.0 Å². The van der Waals surface area contributed by atoms with Crippen LogP contribution in [0.2, 0.25) is 0 Å². The Balaban J connectivity index is 1.43. The number of rotatable bonds is 5. The second-order valence-corrected chi connectivity index (χ2v) is 8.57. The highest BCUT2D eigenvalue weighted by Gasteiger charge is 2.35. The lowest BCUT2D eigenvalue weighted by molar-refractivity contribution is 0.0616. The van der Waals surface area contributed by atoms with Crippen LogP contribution in [0, 0.1) is 6.92 Å². The molecule has 10 nitrogen and oxygen atoms in total. The summed E-state index contributed by atoms with van der Waals surface area (Å²) >= 11 is 4.93. The lowest BCUT2D eigenvalue weighted by Crippen LogP contribution is -2.40. The van der Waals surface area contributed by atoms with Crippen LogP contribution < -0.4 is 0 Å². The number of hydrogen-bond donors (Lipinski definition) is 1. The highest BCUT2D eigenvalue weighted by Crippen LogP contribution is 2.33. The maximum atomic E-state index is 13.5. The summed E-state index contributed by atoms with van der Waals surface area (Å²) in [6.45, 7) is 2.36. The van der Waals surface area contributed by atoms with E-state index >= 15 is 0 Å². The SMILES string of the molecule is Cc1cccc(-c2nnc(C(=O)N3CCc4[nH]cnc4[C@@H]3C/C=C3/C=CC=C(P)N3N=S)o2)n1. The standard InChI is InChI=1S/C22H21N8O2PS/c1-13-4-2-6-16(25-13)20-26-27-21(32-20)22(31)29-11-10-15-19(24-12-23-15)17(29)9-8-14-5-3-7-18(33)30(14)28-34/h2-8,12,17H,9-11,33H2,1H3,(H,23,24)/b14-8-/t17-/m0/s1. The molecule has 0 saturated heterocycles. The van der Waals surface area contributed by atoms with Gasteiger partial charge in [0.1, 0.15) is 5.69 Å². The van der Waals surface area contributed by atoms with Gasteiger partial charge in [0.25, 0.3) is 5.89 Å². The first-order valence-electron chi connectivity index (χ1n) is 10.6. The largest absolute Gasteiger partial charge is 0.411 e. The molecule has 2 aliphatic heterocycles. The molecule has 0 saturated carbocycles. The molecule has 3 aromatic rings. The summed E-state index contributed by atoms with van der Waals surface area (Å²) in [5, 5.41) is 9.71. The third-order valence-corrected chi connectivity index (χ3v) is 6.28. The van der Waals surface area contributed by atoms with E-state index in [0.29, 0.717) is 25.1 Å². The van der Waals surface area contributed by atoms with E-state index in [1.807, 2.05) is 43.4 Å². The van der Waals surface area contributed by atoms with Crippen LogP contribution in [0.3, 0.4) is 0 Å². The molecule has 3 aromatic heterocycles. The fourth-order valence-corrected chi connectivity index (χ4v) is 4.64. The van der Waals surface area contributed by atoms with Crippen molar-refractivity contribution in [2.24, 2.45) is 4.47 Å². The average Bonchev–Trinajstić information content (AvgIpc) is 3.52.